The lowest BCUT2D eigenvalue weighted by atomic mass is 10.1. The lowest BCUT2D eigenvalue weighted by molar-refractivity contribution is -0.127. The quantitative estimate of drug-likeness (QED) is 0.811. The lowest BCUT2D eigenvalue weighted by Gasteiger charge is -2.32. The zero-order valence-corrected chi connectivity index (χ0v) is 11.8. The van der Waals surface area contributed by atoms with Gasteiger partial charge in [0.25, 0.3) is 0 Å². The van der Waals surface area contributed by atoms with Crippen molar-refractivity contribution in [3.05, 3.63) is 53.9 Å². The lowest BCUT2D eigenvalue weighted by Crippen LogP contribution is -2.39. The summed E-state index contributed by atoms with van der Waals surface area (Å²) in [5.74, 6) is -0.494. The summed E-state index contributed by atoms with van der Waals surface area (Å²) in [4.78, 5) is 16.2. The molecule has 1 aromatic heterocycles. The molecule has 3 rings (SSSR count). The Balaban J connectivity index is 1.86. The van der Waals surface area contributed by atoms with Gasteiger partial charge in [0.1, 0.15) is 23.7 Å². The van der Waals surface area contributed by atoms with E-state index in [9.17, 15) is 4.79 Å². The number of cyclic esters (lactones) is 1. The topological polar surface area (TPSA) is 57.7 Å². The van der Waals surface area contributed by atoms with Crippen LogP contribution in [0.4, 0.5) is 0 Å². The number of hydrogen-bond acceptors (Lipinski definition) is 5. The van der Waals surface area contributed by atoms with Crippen LogP contribution in [0.1, 0.15) is 29.8 Å². The number of pyridine rings is 1. The van der Waals surface area contributed by atoms with Crippen LogP contribution in [0.3, 0.4) is 0 Å². The van der Waals surface area contributed by atoms with Crippen molar-refractivity contribution in [1.29, 1.82) is 0 Å². The number of fused-ring (bicyclic) bond motifs is 1. The summed E-state index contributed by atoms with van der Waals surface area (Å²) in [7, 11) is 0. The fourth-order valence-electron chi connectivity index (χ4n) is 2.12. The van der Waals surface area contributed by atoms with Gasteiger partial charge in [-0.15, -0.1) is 0 Å². The van der Waals surface area contributed by atoms with Crippen LogP contribution >= 0.6 is 0 Å². The first-order valence-electron chi connectivity index (χ1n) is 6.62. The predicted molar refractivity (Wildman–Crippen MR) is 75.1 cm³/mol. The number of rotatable bonds is 3. The van der Waals surface area contributed by atoms with Gasteiger partial charge in [0.2, 0.25) is 5.79 Å². The Kier molecular flexibility index (Phi) is 3.25. The van der Waals surface area contributed by atoms with Crippen LogP contribution in [0.5, 0.6) is 11.5 Å². The summed E-state index contributed by atoms with van der Waals surface area (Å²) in [6, 6.07) is 8.97. The third-order valence-corrected chi connectivity index (χ3v) is 3.00. The predicted octanol–water partition coefficient (Wildman–Crippen LogP) is 2.95. The number of carbonyl (C=O) groups excluding carboxylic acids is 1. The van der Waals surface area contributed by atoms with Crippen LogP contribution in [-0.4, -0.2) is 16.7 Å². The molecule has 2 heterocycles. The molecule has 0 saturated carbocycles. The van der Waals surface area contributed by atoms with Crippen molar-refractivity contribution >= 4 is 5.97 Å². The van der Waals surface area contributed by atoms with E-state index in [0.717, 1.165) is 5.56 Å². The van der Waals surface area contributed by atoms with E-state index in [2.05, 4.69) is 4.98 Å². The van der Waals surface area contributed by atoms with Crippen molar-refractivity contribution in [1.82, 2.24) is 4.98 Å². The van der Waals surface area contributed by atoms with E-state index in [0.29, 0.717) is 23.7 Å². The molecule has 0 fully saturated rings. The second-order valence-electron chi connectivity index (χ2n) is 5.17. The molecule has 1 aliphatic rings. The highest BCUT2D eigenvalue weighted by Gasteiger charge is 2.36. The Morgan fingerprint density at radius 2 is 2.05 bits per heavy atom. The summed E-state index contributed by atoms with van der Waals surface area (Å²) >= 11 is 0. The molecule has 0 N–H and O–H groups in total. The van der Waals surface area contributed by atoms with E-state index < -0.39 is 11.8 Å². The number of nitrogens with zero attached hydrogens (tertiary/aromatic N) is 1. The van der Waals surface area contributed by atoms with E-state index >= 15 is 0 Å². The van der Waals surface area contributed by atoms with Crippen molar-refractivity contribution in [2.24, 2.45) is 0 Å². The van der Waals surface area contributed by atoms with Gasteiger partial charge in [-0.25, -0.2) is 4.79 Å². The highest BCUT2D eigenvalue weighted by atomic mass is 16.7. The third-order valence-electron chi connectivity index (χ3n) is 3.00. The number of hydrogen-bond donors (Lipinski definition) is 0. The van der Waals surface area contributed by atoms with E-state index in [1.165, 1.54) is 0 Å². The van der Waals surface area contributed by atoms with Crippen LogP contribution in [0.2, 0.25) is 0 Å². The molecule has 0 atom stereocenters. The van der Waals surface area contributed by atoms with Crippen molar-refractivity contribution in [2.45, 2.75) is 26.2 Å². The van der Waals surface area contributed by atoms with E-state index in [-0.39, 0.29) is 0 Å². The molecule has 0 radical (unpaired) electrons. The fourth-order valence-corrected chi connectivity index (χ4v) is 2.12. The van der Waals surface area contributed by atoms with Crippen molar-refractivity contribution < 1.29 is 19.0 Å². The molecule has 0 aliphatic carbocycles. The molecule has 1 aliphatic heterocycles. The van der Waals surface area contributed by atoms with E-state index in [1.807, 2.05) is 12.1 Å². The SMILES string of the molecule is CC1(C)OC(=O)c2c(OCc3cccnc3)cccc2O1. The van der Waals surface area contributed by atoms with E-state index in [4.69, 9.17) is 14.2 Å². The number of aromatic nitrogens is 1. The minimum atomic E-state index is -0.966. The first-order valence-corrected chi connectivity index (χ1v) is 6.62. The monoisotopic (exact) mass is 285 g/mol. The van der Waals surface area contributed by atoms with Gasteiger partial charge in [0, 0.05) is 31.8 Å². The largest absolute Gasteiger partial charge is 0.488 e. The van der Waals surface area contributed by atoms with Gasteiger partial charge in [-0.1, -0.05) is 12.1 Å². The minimum Gasteiger partial charge on any atom is -0.488 e. The zero-order valence-electron chi connectivity index (χ0n) is 11.8. The van der Waals surface area contributed by atoms with Crippen LogP contribution < -0.4 is 9.47 Å². The molecule has 5 nitrogen and oxygen atoms in total. The first-order chi connectivity index (χ1) is 10.1. The normalized spacial score (nSPS) is 15.6. The number of ether oxygens (including phenoxy) is 3. The fraction of sp³-hybridized carbons (Fsp3) is 0.250. The van der Waals surface area contributed by atoms with Gasteiger partial charge < -0.3 is 14.2 Å². The van der Waals surface area contributed by atoms with Crippen LogP contribution in [0.15, 0.2) is 42.7 Å². The molecule has 21 heavy (non-hydrogen) atoms. The Hall–Kier alpha value is -2.56. The Morgan fingerprint density at radius 3 is 2.81 bits per heavy atom. The minimum absolute atomic E-state index is 0.320. The van der Waals surface area contributed by atoms with Crippen molar-refractivity contribution in [3.63, 3.8) is 0 Å². The maximum atomic E-state index is 12.1. The van der Waals surface area contributed by atoms with Crippen LogP contribution in [0.25, 0.3) is 0 Å². The third kappa shape index (κ3) is 2.81. The Labute approximate surface area is 122 Å². The number of benzene rings is 1. The van der Waals surface area contributed by atoms with Gasteiger partial charge in [-0.3, -0.25) is 4.98 Å². The molecular formula is C16H15NO4. The average molecular weight is 285 g/mol. The standard InChI is InChI=1S/C16H15NO4/c1-16(2)20-13-7-3-6-12(14(13)15(18)21-16)19-10-11-5-4-8-17-9-11/h3-9H,10H2,1-2H3. The Morgan fingerprint density at radius 1 is 1.19 bits per heavy atom. The van der Waals surface area contributed by atoms with Gasteiger partial charge in [-0.05, 0) is 18.2 Å². The Bertz CT molecular complexity index is 667. The molecule has 0 bridgehead atoms. The first kappa shape index (κ1) is 13.4. The molecule has 0 saturated heterocycles. The smallest absolute Gasteiger partial charge is 0.349 e. The number of carbonyl (C=O) groups is 1. The molecule has 0 unspecified atom stereocenters. The molecule has 1 aromatic carbocycles. The van der Waals surface area contributed by atoms with Crippen molar-refractivity contribution in [2.75, 3.05) is 0 Å². The molecule has 0 spiro atoms. The summed E-state index contributed by atoms with van der Waals surface area (Å²) < 4.78 is 16.6. The molecule has 0 amide bonds. The number of esters is 1. The van der Waals surface area contributed by atoms with Gasteiger partial charge >= 0.3 is 5.97 Å². The maximum Gasteiger partial charge on any atom is 0.349 e. The zero-order chi connectivity index (χ0) is 14.9. The highest BCUT2D eigenvalue weighted by molar-refractivity contribution is 5.96. The molecule has 108 valence electrons. The average Bonchev–Trinajstić information content (AvgIpc) is 2.44. The van der Waals surface area contributed by atoms with Crippen LogP contribution in [-0.2, 0) is 11.3 Å². The summed E-state index contributed by atoms with van der Waals surface area (Å²) in [6.45, 7) is 3.70. The molecular weight excluding hydrogens is 270 g/mol. The molecule has 2 aromatic rings. The second-order valence-corrected chi connectivity index (χ2v) is 5.17. The summed E-state index contributed by atoms with van der Waals surface area (Å²) in [5, 5.41) is 0. The summed E-state index contributed by atoms with van der Waals surface area (Å²) in [6.07, 6.45) is 3.41. The van der Waals surface area contributed by atoms with Crippen LogP contribution in [0, 0.1) is 0 Å². The maximum absolute atomic E-state index is 12.1. The molecule has 5 heteroatoms. The highest BCUT2D eigenvalue weighted by Crippen LogP contribution is 2.36. The van der Waals surface area contributed by atoms with Gasteiger partial charge in [-0.2, -0.15) is 0 Å². The van der Waals surface area contributed by atoms with Gasteiger partial charge in [0.15, 0.2) is 0 Å². The van der Waals surface area contributed by atoms with E-state index in [1.54, 1.807) is 44.4 Å². The summed E-state index contributed by atoms with van der Waals surface area (Å²) in [5.41, 5.74) is 1.24. The second kappa shape index (κ2) is 5.09. The van der Waals surface area contributed by atoms with Gasteiger partial charge in [0.05, 0.1) is 0 Å². The van der Waals surface area contributed by atoms with Crippen molar-refractivity contribution in [3.8, 4) is 11.5 Å².